The van der Waals surface area contributed by atoms with Gasteiger partial charge in [0, 0.05) is 43.4 Å². The van der Waals surface area contributed by atoms with Crippen LogP contribution in [0.1, 0.15) is 31.1 Å². The van der Waals surface area contributed by atoms with Crippen molar-refractivity contribution >= 4 is 23.1 Å². The Morgan fingerprint density at radius 3 is 2.44 bits per heavy atom. The molecule has 0 aliphatic carbocycles. The summed E-state index contributed by atoms with van der Waals surface area (Å²) in [4.78, 5) is 16.8. The molecule has 32 heavy (non-hydrogen) atoms. The van der Waals surface area contributed by atoms with E-state index in [0.717, 1.165) is 11.3 Å². The van der Waals surface area contributed by atoms with Gasteiger partial charge in [0.1, 0.15) is 23.7 Å². The highest BCUT2D eigenvalue weighted by Gasteiger charge is 2.28. The molecule has 9 nitrogen and oxygen atoms in total. The normalized spacial score (nSPS) is 11.3. The van der Waals surface area contributed by atoms with Gasteiger partial charge in [-0.3, -0.25) is 4.79 Å². The number of primary amides is 1. The van der Waals surface area contributed by atoms with Crippen LogP contribution in [0.3, 0.4) is 0 Å². The number of nitrogens with two attached hydrogens (primary N) is 1. The molecule has 3 rings (SSSR count). The molecular weight excluding hydrogens is 408 g/mol. The van der Waals surface area contributed by atoms with Crippen molar-refractivity contribution in [2.75, 3.05) is 38.0 Å². The van der Waals surface area contributed by atoms with E-state index in [1.165, 1.54) is 0 Å². The second kappa shape index (κ2) is 9.69. The SMILES string of the molecule is CNc1ccc(-c2nn(C(C)(C)C)c(Nc3ccnc(OCCOC)c3)c2C(N)=O)cc1. The summed E-state index contributed by atoms with van der Waals surface area (Å²) in [6.07, 6.45) is 1.63. The van der Waals surface area contributed by atoms with E-state index in [4.69, 9.17) is 20.3 Å². The summed E-state index contributed by atoms with van der Waals surface area (Å²) in [7, 11) is 3.46. The number of nitrogens with one attached hydrogen (secondary N) is 2. The zero-order valence-corrected chi connectivity index (χ0v) is 19.1. The van der Waals surface area contributed by atoms with Crippen LogP contribution < -0.4 is 21.1 Å². The summed E-state index contributed by atoms with van der Waals surface area (Å²) in [6.45, 7) is 6.87. The third-order valence-electron chi connectivity index (χ3n) is 4.75. The number of carbonyl (C=O) groups is 1. The number of amides is 1. The number of rotatable bonds is 9. The molecule has 2 aromatic heterocycles. The maximum Gasteiger partial charge on any atom is 0.254 e. The van der Waals surface area contributed by atoms with Crippen LogP contribution in [0.25, 0.3) is 11.3 Å². The van der Waals surface area contributed by atoms with Gasteiger partial charge in [0.25, 0.3) is 5.91 Å². The Morgan fingerprint density at radius 2 is 1.84 bits per heavy atom. The van der Waals surface area contributed by atoms with E-state index in [9.17, 15) is 4.79 Å². The Labute approximate surface area is 187 Å². The largest absolute Gasteiger partial charge is 0.475 e. The second-order valence-electron chi connectivity index (χ2n) is 8.20. The third-order valence-corrected chi connectivity index (χ3v) is 4.75. The van der Waals surface area contributed by atoms with Gasteiger partial charge in [-0.1, -0.05) is 12.1 Å². The zero-order valence-electron chi connectivity index (χ0n) is 19.1. The number of methoxy groups -OCH3 is 1. The minimum atomic E-state index is -0.568. The summed E-state index contributed by atoms with van der Waals surface area (Å²) in [5.74, 6) is 0.380. The Hall–Kier alpha value is -3.59. The molecule has 1 aromatic carbocycles. The Bertz CT molecular complexity index is 1070. The van der Waals surface area contributed by atoms with Crippen LogP contribution in [0.2, 0.25) is 0 Å². The summed E-state index contributed by atoms with van der Waals surface area (Å²) >= 11 is 0. The lowest BCUT2D eigenvalue weighted by Crippen LogP contribution is -2.25. The number of carbonyl (C=O) groups excluding carboxylic acids is 1. The van der Waals surface area contributed by atoms with Gasteiger partial charge >= 0.3 is 0 Å². The fourth-order valence-electron chi connectivity index (χ4n) is 3.18. The molecule has 3 aromatic rings. The minimum Gasteiger partial charge on any atom is -0.475 e. The quantitative estimate of drug-likeness (QED) is 0.437. The average molecular weight is 439 g/mol. The molecular formula is C23H30N6O3. The smallest absolute Gasteiger partial charge is 0.254 e. The van der Waals surface area contributed by atoms with Crippen molar-refractivity contribution in [3.05, 3.63) is 48.2 Å². The zero-order chi connectivity index (χ0) is 23.3. The number of pyridine rings is 1. The molecule has 0 saturated carbocycles. The number of nitrogens with zero attached hydrogens (tertiary/aromatic N) is 3. The van der Waals surface area contributed by atoms with Gasteiger partial charge in [-0.25, -0.2) is 9.67 Å². The molecule has 170 valence electrons. The summed E-state index contributed by atoms with van der Waals surface area (Å²) < 4.78 is 12.4. The van der Waals surface area contributed by atoms with Crippen molar-refractivity contribution in [2.45, 2.75) is 26.3 Å². The van der Waals surface area contributed by atoms with Gasteiger partial charge in [-0.05, 0) is 39.0 Å². The maximum atomic E-state index is 12.6. The van der Waals surface area contributed by atoms with E-state index in [1.807, 2.05) is 52.1 Å². The van der Waals surface area contributed by atoms with Crippen molar-refractivity contribution < 1.29 is 14.3 Å². The van der Waals surface area contributed by atoms with Gasteiger partial charge < -0.3 is 25.8 Å². The fraction of sp³-hybridized carbons (Fsp3) is 0.348. The van der Waals surface area contributed by atoms with Gasteiger partial charge in [0.2, 0.25) is 5.88 Å². The first-order chi connectivity index (χ1) is 15.2. The van der Waals surface area contributed by atoms with Crippen molar-refractivity contribution in [3.8, 4) is 17.1 Å². The van der Waals surface area contributed by atoms with Gasteiger partial charge in [-0.2, -0.15) is 5.10 Å². The monoisotopic (exact) mass is 438 g/mol. The standard InChI is InChI=1S/C23H30N6O3/c1-23(2,3)29-22(27-17-10-11-26-18(14-17)32-13-12-31-5)19(21(24)30)20(28-29)15-6-8-16(25-4)9-7-15/h6-11,14,25H,12-13H2,1-5H3,(H2,24,30)(H,26,27). The van der Waals surface area contributed by atoms with Gasteiger partial charge in [0.15, 0.2) is 0 Å². The average Bonchev–Trinajstić information content (AvgIpc) is 3.14. The van der Waals surface area contributed by atoms with Crippen LogP contribution >= 0.6 is 0 Å². The first-order valence-electron chi connectivity index (χ1n) is 10.3. The highest BCUT2D eigenvalue weighted by atomic mass is 16.5. The van der Waals surface area contributed by atoms with Gasteiger partial charge in [-0.15, -0.1) is 0 Å². The molecule has 0 aliphatic rings. The van der Waals surface area contributed by atoms with Crippen LogP contribution in [-0.2, 0) is 10.3 Å². The van der Waals surface area contributed by atoms with Crippen LogP contribution in [-0.4, -0.2) is 48.0 Å². The molecule has 0 aliphatic heterocycles. The minimum absolute atomic E-state index is 0.316. The van der Waals surface area contributed by atoms with Crippen molar-refractivity contribution in [1.29, 1.82) is 0 Å². The number of benzene rings is 1. The first-order valence-corrected chi connectivity index (χ1v) is 10.3. The first kappa shape index (κ1) is 23.1. The second-order valence-corrected chi connectivity index (χ2v) is 8.20. The lowest BCUT2D eigenvalue weighted by atomic mass is 10.1. The topological polar surface area (TPSA) is 116 Å². The summed E-state index contributed by atoms with van der Waals surface area (Å²) in [6, 6.07) is 11.2. The predicted octanol–water partition coefficient (Wildman–Crippen LogP) is 3.61. The molecule has 9 heteroatoms. The summed E-state index contributed by atoms with van der Waals surface area (Å²) in [5.41, 5.74) is 8.70. The molecule has 0 fully saturated rings. The Balaban J connectivity index is 2.07. The van der Waals surface area contributed by atoms with Crippen LogP contribution in [0.15, 0.2) is 42.6 Å². The highest BCUT2D eigenvalue weighted by molar-refractivity contribution is 6.04. The van der Waals surface area contributed by atoms with Crippen molar-refractivity contribution in [2.24, 2.45) is 5.73 Å². The maximum absolute atomic E-state index is 12.6. The van der Waals surface area contributed by atoms with Crippen molar-refractivity contribution in [1.82, 2.24) is 14.8 Å². The van der Waals surface area contributed by atoms with E-state index in [1.54, 1.807) is 30.1 Å². The molecule has 0 spiro atoms. The molecule has 2 heterocycles. The van der Waals surface area contributed by atoms with E-state index in [0.29, 0.717) is 41.9 Å². The molecule has 0 unspecified atom stereocenters. The number of hydrogen-bond acceptors (Lipinski definition) is 7. The van der Waals surface area contributed by atoms with Crippen LogP contribution in [0, 0.1) is 0 Å². The van der Waals surface area contributed by atoms with Gasteiger partial charge in [0.05, 0.1) is 12.1 Å². The molecule has 0 bridgehead atoms. The molecule has 4 N–H and O–H groups in total. The number of hydrogen-bond donors (Lipinski definition) is 3. The number of anilines is 3. The molecule has 0 radical (unpaired) electrons. The lowest BCUT2D eigenvalue weighted by Gasteiger charge is -2.23. The Morgan fingerprint density at radius 1 is 1.12 bits per heavy atom. The molecule has 1 amide bonds. The highest BCUT2D eigenvalue weighted by Crippen LogP contribution is 2.35. The van der Waals surface area contributed by atoms with E-state index in [2.05, 4.69) is 15.6 Å². The molecule has 0 saturated heterocycles. The van der Waals surface area contributed by atoms with E-state index >= 15 is 0 Å². The van der Waals surface area contributed by atoms with Crippen LogP contribution in [0.5, 0.6) is 5.88 Å². The third kappa shape index (κ3) is 5.17. The Kier molecular flexibility index (Phi) is 6.99. The summed E-state index contributed by atoms with van der Waals surface area (Å²) in [5, 5.41) is 11.2. The van der Waals surface area contributed by atoms with E-state index < -0.39 is 11.4 Å². The number of aromatic nitrogens is 3. The van der Waals surface area contributed by atoms with Crippen molar-refractivity contribution in [3.63, 3.8) is 0 Å². The number of ether oxygens (including phenoxy) is 2. The predicted molar refractivity (Wildman–Crippen MR) is 126 cm³/mol. The molecule has 0 atom stereocenters. The van der Waals surface area contributed by atoms with E-state index in [-0.39, 0.29) is 0 Å². The fourth-order valence-corrected chi connectivity index (χ4v) is 3.18. The lowest BCUT2D eigenvalue weighted by molar-refractivity contribution is 0.100. The van der Waals surface area contributed by atoms with Crippen LogP contribution in [0.4, 0.5) is 17.2 Å².